The molecule has 1 amide bonds. The minimum absolute atomic E-state index is 0.0421. The number of carbonyl (C=O) groups is 1. The topological polar surface area (TPSA) is 81.7 Å². The number of sulfonamides is 1. The van der Waals surface area contributed by atoms with Gasteiger partial charge in [-0.25, -0.2) is 12.8 Å². The summed E-state index contributed by atoms with van der Waals surface area (Å²) in [5.74, 6) is -0.794. The lowest BCUT2D eigenvalue weighted by molar-refractivity contribution is 0.0934. The maximum atomic E-state index is 13.1. The van der Waals surface area contributed by atoms with Crippen molar-refractivity contribution in [2.45, 2.75) is 17.9 Å². The molecule has 3 aromatic carbocycles. The van der Waals surface area contributed by atoms with Gasteiger partial charge < -0.3 is 10.2 Å². The summed E-state index contributed by atoms with van der Waals surface area (Å²) in [6.07, 6.45) is 0. The van der Waals surface area contributed by atoms with E-state index in [-0.39, 0.29) is 28.1 Å². The van der Waals surface area contributed by atoms with E-state index in [1.165, 1.54) is 48.2 Å². The first-order chi connectivity index (χ1) is 16.8. The minimum atomic E-state index is -3.92. The molecular formula is C26H29FN4O3S. The van der Waals surface area contributed by atoms with Gasteiger partial charge in [0.2, 0.25) is 0 Å². The van der Waals surface area contributed by atoms with Crippen molar-refractivity contribution in [3.63, 3.8) is 0 Å². The zero-order valence-corrected chi connectivity index (χ0v) is 20.3. The Morgan fingerprint density at radius 2 is 1.63 bits per heavy atom. The van der Waals surface area contributed by atoms with Gasteiger partial charge in [-0.05, 0) is 61.5 Å². The van der Waals surface area contributed by atoms with Crippen LogP contribution in [0.3, 0.4) is 0 Å². The molecule has 1 atom stereocenters. The quantitative estimate of drug-likeness (QED) is 0.498. The summed E-state index contributed by atoms with van der Waals surface area (Å²) in [6.45, 7) is 6.16. The zero-order valence-electron chi connectivity index (χ0n) is 19.5. The fourth-order valence-electron chi connectivity index (χ4n) is 4.07. The monoisotopic (exact) mass is 496 g/mol. The standard InChI is InChI=1S/C26H29FN4O3S/c1-20(30-14-16-31(17-15-30)24-7-3-2-4-8-24)19-28-26(32)21-6-5-9-25(18-21)35(33,34)29-23-12-10-22(27)11-13-23/h2-13,18,20,29H,14-17,19H2,1H3,(H,28,32). The first kappa shape index (κ1) is 24.7. The highest BCUT2D eigenvalue weighted by Crippen LogP contribution is 2.19. The molecular weight excluding hydrogens is 467 g/mol. The fraction of sp³-hybridized carbons (Fsp3) is 0.269. The minimum Gasteiger partial charge on any atom is -0.369 e. The molecule has 1 heterocycles. The summed E-state index contributed by atoms with van der Waals surface area (Å²) >= 11 is 0. The maximum absolute atomic E-state index is 13.1. The van der Waals surface area contributed by atoms with Gasteiger partial charge in [-0.1, -0.05) is 24.3 Å². The second-order valence-corrected chi connectivity index (χ2v) is 10.2. The number of nitrogens with one attached hydrogen (secondary N) is 2. The number of para-hydroxylation sites is 1. The molecule has 184 valence electrons. The number of hydrogen-bond donors (Lipinski definition) is 2. The van der Waals surface area contributed by atoms with E-state index < -0.39 is 15.8 Å². The highest BCUT2D eigenvalue weighted by Gasteiger charge is 2.22. The third-order valence-electron chi connectivity index (χ3n) is 6.12. The van der Waals surface area contributed by atoms with Crippen molar-refractivity contribution < 1.29 is 17.6 Å². The number of benzene rings is 3. The average molecular weight is 497 g/mol. The van der Waals surface area contributed by atoms with Gasteiger partial charge in [0.25, 0.3) is 15.9 Å². The predicted molar refractivity (Wildman–Crippen MR) is 136 cm³/mol. The molecule has 1 saturated heterocycles. The highest BCUT2D eigenvalue weighted by molar-refractivity contribution is 7.92. The largest absolute Gasteiger partial charge is 0.369 e. The van der Waals surface area contributed by atoms with Gasteiger partial charge in [0, 0.05) is 55.7 Å². The molecule has 0 saturated carbocycles. The number of rotatable bonds is 8. The van der Waals surface area contributed by atoms with Crippen LogP contribution in [0.1, 0.15) is 17.3 Å². The lowest BCUT2D eigenvalue weighted by Gasteiger charge is -2.39. The molecule has 1 unspecified atom stereocenters. The van der Waals surface area contributed by atoms with Crippen molar-refractivity contribution in [2.75, 3.05) is 42.3 Å². The Morgan fingerprint density at radius 1 is 0.943 bits per heavy atom. The van der Waals surface area contributed by atoms with E-state index in [0.717, 1.165) is 26.2 Å². The first-order valence-electron chi connectivity index (χ1n) is 11.5. The van der Waals surface area contributed by atoms with Crippen molar-refractivity contribution in [2.24, 2.45) is 0 Å². The van der Waals surface area contributed by atoms with Crippen molar-refractivity contribution in [1.29, 1.82) is 0 Å². The summed E-state index contributed by atoms with van der Waals surface area (Å²) in [5.41, 5.74) is 1.72. The molecule has 1 fully saturated rings. The normalized spacial score (nSPS) is 15.4. The Hall–Kier alpha value is -3.43. The number of carbonyl (C=O) groups excluding carboxylic acids is 1. The number of amides is 1. The van der Waals surface area contributed by atoms with Crippen molar-refractivity contribution in [3.8, 4) is 0 Å². The molecule has 0 radical (unpaired) electrons. The van der Waals surface area contributed by atoms with Crippen LogP contribution >= 0.6 is 0 Å². The zero-order chi connectivity index (χ0) is 24.8. The van der Waals surface area contributed by atoms with E-state index in [1.54, 1.807) is 6.07 Å². The smallest absolute Gasteiger partial charge is 0.261 e. The Labute approximate surface area is 205 Å². The van der Waals surface area contributed by atoms with Crippen molar-refractivity contribution in [1.82, 2.24) is 10.2 Å². The van der Waals surface area contributed by atoms with Crippen LogP contribution in [0.25, 0.3) is 0 Å². The lowest BCUT2D eigenvalue weighted by Crippen LogP contribution is -2.52. The number of hydrogen-bond acceptors (Lipinski definition) is 5. The van der Waals surface area contributed by atoms with Crippen LogP contribution in [0.2, 0.25) is 0 Å². The van der Waals surface area contributed by atoms with Gasteiger partial charge in [-0.15, -0.1) is 0 Å². The molecule has 4 rings (SSSR count). The lowest BCUT2D eigenvalue weighted by atomic mass is 10.2. The van der Waals surface area contributed by atoms with Crippen LogP contribution in [0, 0.1) is 5.82 Å². The van der Waals surface area contributed by atoms with Crippen LogP contribution in [-0.4, -0.2) is 58.0 Å². The molecule has 2 N–H and O–H groups in total. The molecule has 1 aliphatic heterocycles. The van der Waals surface area contributed by atoms with Crippen molar-refractivity contribution >= 4 is 27.3 Å². The second-order valence-electron chi connectivity index (χ2n) is 8.56. The molecule has 7 nitrogen and oxygen atoms in total. The van der Waals surface area contributed by atoms with Crippen LogP contribution in [0.15, 0.2) is 83.8 Å². The summed E-state index contributed by atoms with van der Waals surface area (Å²) in [4.78, 5) is 17.4. The van der Waals surface area contributed by atoms with Gasteiger partial charge in [-0.3, -0.25) is 14.4 Å². The van der Waals surface area contributed by atoms with E-state index in [0.29, 0.717) is 6.54 Å². The maximum Gasteiger partial charge on any atom is 0.261 e. The Kier molecular flexibility index (Phi) is 7.67. The summed E-state index contributed by atoms with van der Waals surface area (Å²) in [6, 6.07) is 21.3. The molecule has 9 heteroatoms. The van der Waals surface area contributed by atoms with E-state index in [4.69, 9.17) is 0 Å². The van der Waals surface area contributed by atoms with Crippen molar-refractivity contribution in [3.05, 3.63) is 90.2 Å². The number of nitrogens with zero attached hydrogens (tertiary/aromatic N) is 2. The molecule has 0 spiro atoms. The highest BCUT2D eigenvalue weighted by atomic mass is 32.2. The van der Waals surface area contributed by atoms with E-state index in [2.05, 4.69) is 38.9 Å². The first-order valence-corrected chi connectivity index (χ1v) is 13.0. The molecule has 0 aromatic heterocycles. The third-order valence-corrected chi connectivity index (χ3v) is 7.50. The number of anilines is 2. The van der Waals surface area contributed by atoms with Gasteiger partial charge in [0.15, 0.2) is 0 Å². The molecule has 1 aliphatic rings. The van der Waals surface area contributed by atoms with Gasteiger partial charge in [0.1, 0.15) is 5.82 Å². The van der Waals surface area contributed by atoms with E-state index in [1.807, 2.05) is 18.2 Å². The van der Waals surface area contributed by atoms with Crippen LogP contribution in [0.4, 0.5) is 15.8 Å². The summed E-state index contributed by atoms with van der Waals surface area (Å²) < 4.78 is 40.9. The fourth-order valence-corrected chi connectivity index (χ4v) is 5.17. The van der Waals surface area contributed by atoms with Crippen LogP contribution in [0.5, 0.6) is 0 Å². The summed E-state index contributed by atoms with van der Waals surface area (Å²) in [7, 11) is -3.92. The Balaban J connectivity index is 1.31. The van der Waals surface area contributed by atoms with Gasteiger partial charge in [-0.2, -0.15) is 0 Å². The van der Waals surface area contributed by atoms with Gasteiger partial charge in [0.05, 0.1) is 4.90 Å². The summed E-state index contributed by atoms with van der Waals surface area (Å²) in [5, 5.41) is 2.92. The Bertz CT molecular complexity index is 1250. The molecule has 0 bridgehead atoms. The molecule has 35 heavy (non-hydrogen) atoms. The second kappa shape index (κ2) is 10.9. The SMILES string of the molecule is CC(CNC(=O)c1cccc(S(=O)(=O)Nc2ccc(F)cc2)c1)N1CCN(c2ccccc2)CC1. The molecule has 0 aliphatic carbocycles. The van der Waals surface area contributed by atoms with Crippen LogP contribution < -0.4 is 14.9 Å². The van der Waals surface area contributed by atoms with E-state index >= 15 is 0 Å². The Morgan fingerprint density at radius 3 is 2.31 bits per heavy atom. The number of halogens is 1. The van der Waals surface area contributed by atoms with Gasteiger partial charge >= 0.3 is 0 Å². The predicted octanol–water partition coefficient (Wildman–Crippen LogP) is 3.57. The molecule has 3 aromatic rings. The third kappa shape index (κ3) is 6.37. The average Bonchev–Trinajstić information content (AvgIpc) is 2.89. The number of piperazine rings is 1. The van der Waals surface area contributed by atoms with E-state index in [9.17, 15) is 17.6 Å². The van der Waals surface area contributed by atoms with Crippen LogP contribution in [-0.2, 0) is 10.0 Å².